The summed E-state index contributed by atoms with van der Waals surface area (Å²) in [7, 11) is 0. The van der Waals surface area contributed by atoms with Gasteiger partial charge >= 0.3 is 12.0 Å². The summed E-state index contributed by atoms with van der Waals surface area (Å²) in [6, 6.07) is 3.71. The van der Waals surface area contributed by atoms with Gasteiger partial charge in [0.05, 0.1) is 0 Å². The SMILES string of the molecule is CC#Cc1cc(C)c(C2C(=O)CC3(CCN(C(=O)C(=O)C(F)(F)F)CC3)CC2=O)c(C)c1. The van der Waals surface area contributed by atoms with E-state index in [0.717, 1.165) is 21.6 Å². The molecule has 1 aromatic rings. The molecule has 1 amide bonds. The van der Waals surface area contributed by atoms with Crippen LogP contribution < -0.4 is 0 Å². The molecule has 0 N–H and O–H groups in total. The van der Waals surface area contributed by atoms with Gasteiger partial charge in [-0.3, -0.25) is 19.2 Å². The normalized spacial score (nSPS) is 19.0. The number of hydrogen-bond acceptors (Lipinski definition) is 4. The van der Waals surface area contributed by atoms with Crippen LogP contribution in [-0.2, 0) is 19.2 Å². The summed E-state index contributed by atoms with van der Waals surface area (Å²) in [6.07, 6.45) is -4.57. The smallest absolute Gasteiger partial charge is 0.336 e. The molecule has 1 saturated carbocycles. The zero-order valence-corrected chi connectivity index (χ0v) is 18.2. The monoisotopic (exact) mass is 447 g/mol. The number of alkyl halides is 3. The van der Waals surface area contributed by atoms with Crippen molar-refractivity contribution in [2.24, 2.45) is 5.41 Å². The van der Waals surface area contributed by atoms with Gasteiger partial charge in [0.1, 0.15) is 17.5 Å². The number of piperidine rings is 1. The van der Waals surface area contributed by atoms with Crippen molar-refractivity contribution in [2.45, 2.75) is 58.5 Å². The molecule has 1 saturated heterocycles. The fourth-order valence-corrected chi connectivity index (χ4v) is 4.96. The summed E-state index contributed by atoms with van der Waals surface area (Å²) in [6.45, 7) is 5.23. The Hall–Kier alpha value is -2.95. The molecule has 32 heavy (non-hydrogen) atoms. The first-order chi connectivity index (χ1) is 14.9. The number of carbonyl (C=O) groups excluding carboxylic acids is 4. The Labute approximate surface area is 184 Å². The minimum absolute atomic E-state index is 0.0890. The Morgan fingerprint density at radius 3 is 1.97 bits per heavy atom. The minimum atomic E-state index is -5.22. The van der Waals surface area contributed by atoms with Crippen LogP contribution in [0.3, 0.4) is 0 Å². The molecule has 2 aliphatic rings. The lowest BCUT2D eigenvalue weighted by Gasteiger charge is -2.44. The van der Waals surface area contributed by atoms with E-state index >= 15 is 0 Å². The zero-order valence-electron chi connectivity index (χ0n) is 18.2. The van der Waals surface area contributed by atoms with E-state index in [1.165, 1.54) is 0 Å². The van der Waals surface area contributed by atoms with Crippen molar-refractivity contribution in [2.75, 3.05) is 13.1 Å². The van der Waals surface area contributed by atoms with E-state index in [0.29, 0.717) is 5.56 Å². The van der Waals surface area contributed by atoms with Gasteiger partial charge in [0, 0.05) is 31.5 Å². The Bertz CT molecular complexity index is 1010. The molecule has 0 aromatic heterocycles. The first-order valence-corrected chi connectivity index (χ1v) is 10.4. The number of likely N-dealkylation sites (tertiary alicyclic amines) is 1. The average Bonchev–Trinajstić information content (AvgIpc) is 2.68. The van der Waals surface area contributed by atoms with Crippen molar-refractivity contribution in [3.05, 3.63) is 34.4 Å². The molecule has 170 valence electrons. The molecular formula is C24H24F3NO4. The lowest BCUT2D eigenvalue weighted by Crippen LogP contribution is -2.51. The Morgan fingerprint density at radius 2 is 1.53 bits per heavy atom. The van der Waals surface area contributed by atoms with Gasteiger partial charge in [-0.1, -0.05) is 5.92 Å². The summed E-state index contributed by atoms with van der Waals surface area (Å²) < 4.78 is 37.6. The van der Waals surface area contributed by atoms with E-state index in [9.17, 15) is 32.3 Å². The molecule has 1 aromatic carbocycles. The molecule has 1 spiro atoms. The molecule has 1 aliphatic carbocycles. The predicted molar refractivity (Wildman–Crippen MR) is 110 cm³/mol. The van der Waals surface area contributed by atoms with Crippen LogP contribution in [0.5, 0.6) is 0 Å². The first-order valence-electron chi connectivity index (χ1n) is 10.4. The highest BCUT2D eigenvalue weighted by Gasteiger charge is 2.50. The third-order valence-electron chi connectivity index (χ3n) is 6.46. The molecule has 1 heterocycles. The van der Waals surface area contributed by atoms with Crippen LogP contribution >= 0.6 is 0 Å². The van der Waals surface area contributed by atoms with Crippen LogP contribution in [0.1, 0.15) is 60.8 Å². The highest BCUT2D eigenvalue weighted by Crippen LogP contribution is 2.46. The summed E-state index contributed by atoms with van der Waals surface area (Å²) in [5.74, 6) is 0.523. The summed E-state index contributed by atoms with van der Waals surface area (Å²) in [5, 5.41) is 0. The van der Waals surface area contributed by atoms with Crippen LogP contribution in [0.2, 0.25) is 0 Å². The van der Waals surface area contributed by atoms with Crippen molar-refractivity contribution >= 4 is 23.3 Å². The summed E-state index contributed by atoms with van der Waals surface area (Å²) in [4.78, 5) is 50.2. The van der Waals surface area contributed by atoms with Gasteiger partial charge in [-0.15, -0.1) is 5.92 Å². The Morgan fingerprint density at radius 1 is 1.03 bits per heavy atom. The average molecular weight is 447 g/mol. The number of aryl methyl sites for hydroxylation is 2. The van der Waals surface area contributed by atoms with Crippen molar-refractivity contribution in [1.82, 2.24) is 4.90 Å². The minimum Gasteiger partial charge on any atom is -0.336 e. The van der Waals surface area contributed by atoms with E-state index in [2.05, 4.69) is 11.8 Å². The highest BCUT2D eigenvalue weighted by atomic mass is 19.4. The molecule has 1 aliphatic heterocycles. The third kappa shape index (κ3) is 4.47. The predicted octanol–water partition coefficient (Wildman–Crippen LogP) is 3.43. The van der Waals surface area contributed by atoms with Gasteiger partial charge in [-0.2, -0.15) is 13.2 Å². The van der Waals surface area contributed by atoms with E-state index in [1.807, 2.05) is 26.0 Å². The molecule has 8 heteroatoms. The molecule has 2 fully saturated rings. The van der Waals surface area contributed by atoms with Crippen LogP contribution in [-0.4, -0.2) is 47.4 Å². The number of benzene rings is 1. The Balaban J connectivity index is 1.76. The fourth-order valence-electron chi connectivity index (χ4n) is 4.96. The Kier molecular flexibility index (Phi) is 6.32. The van der Waals surface area contributed by atoms with Crippen LogP contribution in [0.25, 0.3) is 0 Å². The number of rotatable bonds is 2. The second-order valence-corrected chi connectivity index (χ2v) is 8.74. The zero-order chi connectivity index (χ0) is 23.8. The lowest BCUT2D eigenvalue weighted by atomic mass is 9.62. The highest BCUT2D eigenvalue weighted by molar-refractivity contribution is 6.38. The number of ketones is 3. The van der Waals surface area contributed by atoms with Crippen molar-refractivity contribution in [1.29, 1.82) is 0 Å². The van der Waals surface area contributed by atoms with Crippen molar-refractivity contribution < 1.29 is 32.3 Å². The van der Waals surface area contributed by atoms with Crippen molar-refractivity contribution in [3.8, 4) is 11.8 Å². The lowest BCUT2D eigenvalue weighted by molar-refractivity contribution is -0.179. The second-order valence-electron chi connectivity index (χ2n) is 8.74. The molecule has 0 unspecified atom stereocenters. The molecule has 3 rings (SSSR count). The number of halogens is 3. The fraction of sp³-hybridized carbons (Fsp3) is 0.500. The summed E-state index contributed by atoms with van der Waals surface area (Å²) in [5.41, 5.74) is 2.45. The van der Waals surface area contributed by atoms with Crippen molar-refractivity contribution in [3.63, 3.8) is 0 Å². The van der Waals surface area contributed by atoms with Crippen LogP contribution in [0.4, 0.5) is 13.2 Å². The van der Waals surface area contributed by atoms with Gasteiger partial charge in [0.15, 0.2) is 0 Å². The molecular weight excluding hydrogens is 423 g/mol. The first kappa shape index (κ1) is 23.7. The number of hydrogen-bond donors (Lipinski definition) is 0. The maximum atomic E-state index is 13.1. The third-order valence-corrected chi connectivity index (χ3v) is 6.46. The van der Waals surface area contributed by atoms with Gasteiger partial charge < -0.3 is 4.90 Å². The topological polar surface area (TPSA) is 71.5 Å². The number of nitrogens with zero attached hydrogens (tertiary/aromatic N) is 1. The van der Waals surface area contributed by atoms with E-state index in [-0.39, 0.29) is 50.3 Å². The maximum absolute atomic E-state index is 13.1. The standard InChI is InChI=1S/C24H24F3NO4/c1-4-5-16-10-14(2)19(15(3)11-16)20-17(29)12-23(13-18(20)30)6-8-28(9-7-23)22(32)21(31)24(25,26)27/h10-11,20H,6-9,12-13H2,1-3H3. The quantitative estimate of drug-likeness (QED) is 0.396. The van der Waals surface area contributed by atoms with E-state index in [4.69, 9.17) is 0 Å². The van der Waals surface area contributed by atoms with E-state index < -0.39 is 29.2 Å². The van der Waals surface area contributed by atoms with E-state index in [1.54, 1.807) is 6.92 Å². The largest absolute Gasteiger partial charge is 0.460 e. The molecule has 0 bridgehead atoms. The van der Waals surface area contributed by atoms with Gasteiger partial charge in [-0.25, -0.2) is 0 Å². The second kappa shape index (κ2) is 8.53. The number of Topliss-reactive ketones (excluding diaryl/α,β-unsaturated/α-hetero) is 3. The molecule has 5 nitrogen and oxygen atoms in total. The number of amides is 1. The summed E-state index contributed by atoms with van der Waals surface area (Å²) >= 11 is 0. The molecule has 0 atom stereocenters. The number of carbonyl (C=O) groups is 4. The molecule has 0 radical (unpaired) electrons. The van der Waals surface area contributed by atoms with Gasteiger partial charge in [0.2, 0.25) is 0 Å². The van der Waals surface area contributed by atoms with Gasteiger partial charge in [0.25, 0.3) is 5.91 Å². The van der Waals surface area contributed by atoms with Gasteiger partial charge in [-0.05, 0) is 67.9 Å². The maximum Gasteiger partial charge on any atom is 0.460 e. The van der Waals surface area contributed by atoms with Crippen LogP contribution in [0.15, 0.2) is 12.1 Å². The van der Waals surface area contributed by atoms with Crippen LogP contribution in [0, 0.1) is 31.1 Å².